The number of thioether (sulfide) groups is 1. The van der Waals surface area contributed by atoms with Gasteiger partial charge in [0.25, 0.3) is 0 Å². The SMILES string of the molecule is CSc1cccc(NCC2CCCc3ccccc32)c1. The number of nitrogens with one attached hydrogen (secondary N) is 1. The Bertz CT molecular complexity index is 579. The minimum absolute atomic E-state index is 0.651. The highest BCUT2D eigenvalue weighted by atomic mass is 32.2. The largest absolute Gasteiger partial charge is 0.384 e. The summed E-state index contributed by atoms with van der Waals surface area (Å²) < 4.78 is 0. The molecule has 2 heteroatoms. The summed E-state index contributed by atoms with van der Waals surface area (Å²) in [7, 11) is 0. The number of anilines is 1. The van der Waals surface area contributed by atoms with Crippen LogP contribution < -0.4 is 5.32 Å². The summed E-state index contributed by atoms with van der Waals surface area (Å²) in [6.07, 6.45) is 5.98. The second-order valence-corrected chi connectivity index (χ2v) is 6.28. The van der Waals surface area contributed by atoms with E-state index in [0.29, 0.717) is 5.92 Å². The summed E-state index contributed by atoms with van der Waals surface area (Å²) in [5.41, 5.74) is 4.33. The molecule has 0 aromatic heterocycles. The van der Waals surface area contributed by atoms with Crippen LogP contribution in [-0.2, 0) is 6.42 Å². The molecule has 3 rings (SSSR count). The number of hydrogen-bond donors (Lipinski definition) is 1. The average molecular weight is 283 g/mol. The van der Waals surface area contributed by atoms with E-state index in [1.54, 1.807) is 22.9 Å². The minimum atomic E-state index is 0.651. The maximum absolute atomic E-state index is 3.62. The van der Waals surface area contributed by atoms with Crippen molar-refractivity contribution in [1.82, 2.24) is 0 Å². The molecule has 0 saturated carbocycles. The molecule has 104 valence electrons. The van der Waals surface area contributed by atoms with Gasteiger partial charge in [-0.15, -0.1) is 11.8 Å². The van der Waals surface area contributed by atoms with Crippen LogP contribution in [0.2, 0.25) is 0 Å². The molecule has 0 heterocycles. The molecule has 0 fully saturated rings. The standard InChI is InChI=1S/C18H21NS/c1-20-17-10-5-9-16(12-17)19-13-15-8-4-7-14-6-2-3-11-18(14)15/h2-3,5-6,9-12,15,19H,4,7-8,13H2,1H3. The van der Waals surface area contributed by atoms with Crippen LogP contribution in [0.1, 0.15) is 29.9 Å². The maximum Gasteiger partial charge on any atom is 0.0351 e. The number of hydrogen-bond acceptors (Lipinski definition) is 2. The van der Waals surface area contributed by atoms with E-state index in [4.69, 9.17) is 0 Å². The monoisotopic (exact) mass is 283 g/mol. The van der Waals surface area contributed by atoms with Crippen LogP contribution >= 0.6 is 11.8 Å². The Labute approximate surface area is 125 Å². The van der Waals surface area contributed by atoms with Crippen LogP contribution in [0, 0.1) is 0 Å². The van der Waals surface area contributed by atoms with Crippen molar-refractivity contribution in [3.05, 3.63) is 59.7 Å². The molecule has 2 aromatic rings. The molecular weight excluding hydrogens is 262 g/mol. The summed E-state index contributed by atoms with van der Waals surface area (Å²) in [6.45, 7) is 1.04. The summed E-state index contributed by atoms with van der Waals surface area (Å²) in [4.78, 5) is 1.32. The van der Waals surface area contributed by atoms with Crippen LogP contribution in [0.4, 0.5) is 5.69 Å². The fourth-order valence-corrected chi connectivity index (χ4v) is 3.50. The molecule has 0 amide bonds. The van der Waals surface area contributed by atoms with Crippen LogP contribution in [0.25, 0.3) is 0 Å². The average Bonchev–Trinajstić information content (AvgIpc) is 2.53. The summed E-state index contributed by atoms with van der Waals surface area (Å²) in [5, 5.41) is 3.62. The van der Waals surface area contributed by atoms with Crippen molar-refractivity contribution < 1.29 is 0 Å². The van der Waals surface area contributed by atoms with Gasteiger partial charge in [-0.05, 0) is 54.8 Å². The van der Waals surface area contributed by atoms with Crippen molar-refractivity contribution in [1.29, 1.82) is 0 Å². The van der Waals surface area contributed by atoms with E-state index >= 15 is 0 Å². The molecule has 2 aromatic carbocycles. The van der Waals surface area contributed by atoms with Crippen molar-refractivity contribution in [2.24, 2.45) is 0 Å². The van der Waals surface area contributed by atoms with E-state index in [-0.39, 0.29) is 0 Å². The molecule has 1 N–H and O–H groups in total. The van der Waals surface area contributed by atoms with Gasteiger partial charge < -0.3 is 5.32 Å². The molecule has 1 aliphatic carbocycles. The zero-order valence-electron chi connectivity index (χ0n) is 11.9. The van der Waals surface area contributed by atoms with E-state index < -0.39 is 0 Å². The Morgan fingerprint density at radius 2 is 2.05 bits per heavy atom. The van der Waals surface area contributed by atoms with Crippen molar-refractivity contribution in [2.45, 2.75) is 30.1 Å². The second kappa shape index (κ2) is 6.36. The number of fused-ring (bicyclic) bond motifs is 1. The molecule has 1 nitrogen and oxygen atoms in total. The lowest BCUT2D eigenvalue weighted by molar-refractivity contribution is 0.572. The third-order valence-corrected chi connectivity index (χ3v) is 4.84. The molecule has 1 aliphatic rings. The van der Waals surface area contributed by atoms with Crippen LogP contribution in [0.5, 0.6) is 0 Å². The van der Waals surface area contributed by atoms with Crippen LogP contribution in [-0.4, -0.2) is 12.8 Å². The van der Waals surface area contributed by atoms with Gasteiger partial charge in [0.05, 0.1) is 0 Å². The molecular formula is C18H21NS. The maximum atomic E-state index is 3.62. The first-order chi connectivity index (χ1) is 9.86. The minimum Gasteiger partial charge on any atom is -0.384 e. The van der Waals surface area contributed by atoms with E-state index in [1.165, 1.54) is 29.8 Å². The first kappa shape index (κ1) is 13.6. The third kappa shape index (κ3) is 3.01. The summed E-state index contributed by atoms with van der Waals surface area (Å²) in [6, 6.07) is 17.6. The Hall–Kier alpha value is -1.41. The topological polar surface area (TPSA) is 12.0 Å². The quantitative estimate of drug-likeness (QED) is 0.798. The lowest BCUT2D eigenvalue weighted by Crippen LogP contribution is -2.18. The van der Waals surface area contributed by atoms with Crippen molar-refractivity contribution in [3.8, 4) is 0 Å². The molecule has 1 atom stereocenters. The molecule has 0 aliphatic heterocycles. The van der Waals surface area contributed by atoms with Crippen LogP contribution in [0.3, 0.4) is 0 Å². The van der Waals surface area contributed by atoms with E-state index in [0.717, 1.165) is 6.54 Å². The van der Waals surface area contributed by atoms with Gasteiger partial charge in [-0.3, -0.25) is 0 Å². The van der Waals surface area contributed by atoms with Gasteiger partial charge >= 0.3 is 0 Å². The fourth-order valence-electron chi connectivity index (χ4n) is 3.04. The third-order valence-electron chi connectivity index (χ3n) is 4.12. The Balaban J connectivity index is 1.70. The highest BCUT2D eigenvalue weighted by Crippen LogP contribution is 2.31. The summed E-state index contributed by atoms with van der Waals surface area (Å²) >= 11 is 1.79. The second-order valence-electron chi connectivity index (χ2n) is 5.40. The van der Waals surface area contributed by atoms with Crippen LogP contribution in [0.15, 0.2) is 53.4 Å². The Morgan fingerprint density at radius 3 is 2.95 bits per heavy atom. The molecule has 1 unspecified atom stereocenters. The van der Waals surface area contributed by atoms with Gasteiger partial charge in [0.2, 0.25) is 0 Å². The number of rotatable bonds is 4. The van der Waals surface area contributed by atoms with Crippen molar-refractivity contribution in [3.63, 3.8) is 0 Å². The number of benzene rings is 2. The first-order valence-electron chi connectivity index (χ1n) is 7.32. The van der Waals surface area contributed by atoms with Gasteiger partial charge in [-0.1, -0.05) is 30.3 Å². The first-order valence-corrected chi connectivity index (χ1v) is 8.55. The van der Waals surface area contributed by atoms with Gasteiger partial charge in [0.1, 0.15) is 0 Å². The highest BCUT2D eigenvalue weighted by molar-refractivity contribution is 7.98. The molecule has 20 heavy (non-hydrogen) atoms. The smallest absolute Gasteiger partial charge is 0.0351 e. The van der Waals surface area contributed by atoms with Crippen molar-refractivity contribution >= 4 is 17.4 Å². The fraction of sp³-hybridized carbons (Fsp3) is 0.333. The zero-order chi connectivity index (χ0) is 13.8. The molecule has 0 radical (unpaired) electrons. The Morgan fingerprint density at radius 1 is 1.15 bits per heavy atom. The molecule has 0 bridgehead atoms. The molecule has 0 spiro atoms. The van der Waals surface area contributed by atoms with E-state index in [9.17, 15) is 0 Å². The lowest BCUT2D eigenvalue weighted by Gasteiger charge is -2.26. The van der Waals surface area contributed by atoms with Gasteiger partial charge in [0, 0.05) is 23.0 Å². The predicted molar refractivity (Wildman–Crippen MR) is 88.8 cm³/mol. The number of aryl methyl sites for hydroxylation is 1. The predicted octanol–water partition coefficient (Wildman–Crippen LogP) is 4.94. The normalized spacial score (nSPS) is 17.6. The Kier molecular flexibility index (Phi) is 4.31. The van der Waals surface area contributed by atoms with Gasteiger partial charge in [-0.2, -0.15) is 0 Å². The van der Waals surface area contributed by atoms with Gasteiger partial charge in [-0.25, -0.2) is 0 Å². The zero-order valence-corrected chi connectivity index (χ0v) is 12.7. The highest BCUT2D eigenvalue weighted by Gasteiger charge is 2.19. The van der Waals surface area contributed by atoms with E-state index in [1.807, 2.05) is 0 Å². The lowest BCUT2D eigenvalue weighted by atomic mass is 9.83. The van der Waals surface area contributed by atoms with Gasteiger partial charge in [0.15, 0.2) is 0 Å². The molecule has 0 saturated heterocycles. The summed E-state index contributed by atoms with van der Waals surface area (Å²) in [5.74, 6) is 0.651. The van der Waals surface area contributed by atoms with Crippen molar-refractivity contribution in [2.75, 3.05) is 18.1 Å². The van der Waals surface area contributed by atoms with E-state index in [2.05, 4.69) is 60.1 Å².